The Kier molecular flexibility index (Phi) is 7.26. The van der Waals surface area contributed by atoms with Crippen molar-refractivity contribution in [2.45, 2.75) is 59.0 Å². The lowest BCUT2D eigenvalue weighted by Crippen LogP contribution is -2.37. The van der Waals surface area contributed by atoms with Gasteiger partial charge in [0, 0.05) is 6.42 Å². The van der Waals surface area contributed by atoms with Crippen molar-refractivity contribution >= 4 is 16.8 Å². The number of carbonyl (C=O) groups excluding carboxylic acids is 1. The van der Waals surface area contributed by atoms with E-state index in [1.807, 2.05) is 68.4 Å². The van der Waals surface area contributed by atoms with Crippen molar-refractivity contribution in [1.82, 2.24) is 14.5 Å². The fraction of sp³-hybridized carbons (Fsp3) is 0.321. The summed E-state index contributed by atoms with van der Waals surface area (Å²) in [7, 11) is 0. The van der Waals surface area contributed by atoms with E-state index >= 15 is 0 Å². The molecule has 1 amide bonds. The van der Waals surface area contributed by atoms with Gasteiger partial charge in [-0.2, -0.15) is 0 Å². The summed E-state index contributed by atoms with van der Waals surface area (Å²) in [5.41, 5.74) is 2.25. The van der Waals surface area contributed by atoms with Gasteiger partial charge < -0.3 is 9.32 Å². The smallest absolute Gasteiger partial charge is 0.266 e. The summed E-state index contributed by atoms with van der Waals surface area (Å²) in [5.74, 6) is 1.25. The molecule has 2 aromatic heterocycles. The third-order valence-electron chi connectivity index (χ3n) is 6.12. The van der Waals surface area contributed by atoms with Gasteiger partial charge in [-0.25, -0.2) is 4.98 Å². The molecule has 0 fully saturated rings. The van der Waals surface area contributed by atoms with Crippen molar-refractivity contribution in [2.75, 3.05) is 0 Å². The second-order valence-corrected chi connectivity index (χ2v) is 8.70. The van der Waals surface area contributed by atoms with Crippen LogP contribution in [0.15, 0.2) is 76.1 Å². The summed E-state index contributed by atoms with van der Waals surface area (Å²) < 4.78 is 7.21. The number of aryl methyl sites for hydroxylation is 1. The van der Waals surface area contributed by atoms with Gasteiger partial charge in [0.1, 0.15) is 11.6 Å². The average molecular weight is 458 g/mol. The van der Waals surface area contributed by atoms with E-state index in [0.29, 0.717) is 35.5 Å². The maximum Gasteiger partial charge on any atom is 0.266 e. The lowest BCUT2D eigenvalue weighted by molar-refractivity contribution is -0.134. The molecule has 176 valence electrons. The van der Waals surface area contributed by atoms with Crippen molar-refractivity contribution < 1.29 is 9.21 Å². The summed E-state index contributed by atoms with van der Waals surface area (Å²) in [6.07, 6.45) is 4.92. The fourth-order valence-electron chi connectivity index (χ4n) is 4.27. The van der Waals surface area contributed by atoms with E-state index < -0.39 is 6.04 Å². The molecule has 1 unspecified atom stereocenters. The normalized spacial score (nSPS) is 12.1. The molecule has 6 nitrogen and oxygen atoms in total. The highest BCUT2D eigenvalue weighted by molar-refractivity contribution is 5.79. The van der Waals surface area contributed by atoms with Gasteiger partial charge in [0.15, 0.2) is 0 Å². The first-order chi connectivity index (χ1) is 16.5. The van der Waals surface area contributed by atoms with Crippen LogP contribution in [0.1, 0.15) is 62.7 Å². The third-order valence-corrected chi connectivity index (χ3v) is 6.12. The highest BCUT2D eigenvalue weighted by Gasteiger charge is 2.27. The number of aromatic nitrogens is 2. The van der Waals surface area contributed by atoms with Crippen LogP contribution in [-0.2, 0) is 11.3 Å². The molecule has 6 heteroatoms. The zero-order valence-electron chi connectivity index (χ0n) is 20.0. The lowest BCUT2D eigenvalue weighted by Gasteiger charge is -2.30. The van der Waals surface area contributed by atoms with Gasteiger partial charge in [-0.3, -0.25) is 14.2 Å². The van der Waals surface area contributed by atoms with Gasteiger partial charge in [0.05, 0.1) is 35.4 Å². The molecule has 0 bridgehead atoms. The molecule has 2 heterocycles. The molecule has 4 rings (SSSR count). The maximum atomic E-state index is 13.7. The molecule has 0 saturated heterocycles. The van der Waals surface area contributed by atoms with Crippen molar-refractivity contribution in [2.24, 2.45) is 0 Å². The lowest BCUT2D eigenvalue weighted by atomic mass is 10.1. The minimum Gasteiger partial charge on any atom is -0.467 e. The Morgan fingerprint density at radius 1 is 1.09 bits per heavy atom. The summed E-state index contributed by atoms with van der Waals surface area (Å²) in [4.78, 5) is 33.8. The summed E-state index contributed by atoms with van der Waals surface area (Å²) in [6.45, 7) is 6.36. The van der Waals surface area contributed by atoms with Crippen LogP contribution in [-0.4, -0.2) is 20.4 Å². The molecule has 0 saturated carbocycles. The van der Waals surface area contributed by atoms with Crippen LogP contribution in [0.2, 0.25) is 0 Å². The summed E-state index contributed by atoms with van der Waals surface area (Å²) in [5, 5.41) is 0.548. The van der Waals surface area contributed by atoms with Gasteiger partial charge in [-0.1, -0.05) is 44.0 Å². The topological polar surface area (TPSA) is 68.3 Å². The molecule has 0 radical (unpaired) electrons. The number of furan rings is 1. The van der Waals surface area contributed by atoms with Crippen molar-refractivity contribution in [1.29, 1.82) is 0 Å². The van der Waals surface area contributed by atoms with E-state index in [4.69, 9.17) is 9.40 Å². The van der Waals surface area contributed by atoms with E-state index in [1.165, 1.54) is 0 Å². The third kappa shape index (κ3) is 4.96. The second kappa shape index (κ2) is 10.5. The van der Waals surface area contributed by atoms with Crippen LogP contribution in [0.4, 0.5) is 0 Å². The SMILES string of the molecule is CCCCCC(=O)N(Cc1ccco1)C(C)c1nc2ccccc2c(=O)n1-c1cccc(C)c1. The van der Waals surface area contributed by atoms with Gasteiger partial charge in [0.2, 0.25) is 5.91 Å². The number of benzene rings is 2. The molecule has 2 aromatic carbocycles. The predicted octanol–water partition coefficient (Wildman–Crippen LogP) is 5.96. The Bertz CT molecular complexity index is 1320. The summed E-state index contributed by atoms with van der Waals surface area (Å²) >= 11 is 0. The number of fused-ring (bicyclic) bond motifs is 1. The van der Waals surface area contributed by atoms with Crippen molar-refractivity contribution in [3.05, 3.63) is 94.4 Å². The highest BCUT2D eigenvalue weighted by atomic mass is 16.3. The highest BCUT2D eigenvalue weighted by Crippen LogP contribution is 2.26. The van der Waals surface area contributed by atoms with Crippen LogP contribution in [0.5, 0.6) is 0 Å². The quantitative estimate of drug-likeness (QED) is 0.291. The number of para-hydroxylation sites is 1. The zero-order chi connectivity index (χ0) is 24.1. The van der Waals surface area contributed by atoms with E-state index in [1.54, 1.807) is 21.8 Å². The van der Waals surface area contributed by atoms with E-state index in [0.717, 1.165) is 30.5 Å². The largest absolute Gasteiger partial charge is 0.467 e. The average Bonchev–Trinajstić information content (AvgIpc) is 3.35. The molecule has 0 aliphatic rings. The molecular formula is C28H31N3O3. The van der Waals surface area contributed by atoms with Crippen LogP contribution in [0, 0.1) is 6.92 Å². The van der Waals surface area contributed by atoms with Gasteiger partial charge in [0.25, 0.3) is 5.56 Å². The van der Waals surface area contributed by atoms with E-state index in [9.17, 15) is 9.59 Å². The standard InChI is InChI=1S/C28H31N3O3/c1-4-5-6-16-26(32)30(19-23-13-10-17-34-23)21(3)27-29-25-15-8-7-14-24(25)28(33)31(27)22-12-9-11-20(2)18-22/h7-15,17-18,21H,4-6,16,19H2,1-3H3. The molecule has 4 aromatic rings. The number of amides is 1. The van der Waals surface area contributed by atoms with Gasteiger partial charge >= 0.3 is 0 Å². The Hall–Kier alpha value is -3.67. The van der Waals surface area contributed by atoms with E-state index in [-0.39, 0.29) is 11.5 Å². The Balaban J connectivity index is 1.85. The van der Waals surface area contributed by atoms with Gasteiger partial charge in [-0.15, -0.1) is 0 Å². The summed E-state index contributed by atoms with van der Waals surface area (Å²) in [6, 6.07) is 18.4. The Labute approximate surface area is 199 Å². The monoisotopic (exact) mass is 457 g/mol. The predicted molar refractivity (Wildman–Crippen MR) is 134 cm³/mol. The van der Waals surface area contributed by atoms with Crippen molar-refractivity contribution in [3.63, 3.8) is 0 Å². The first-order valence-electron chi connectivity index (χ1n) is 11.9. The molecular weight excluding hydrogens is 426 g/mol. The molecule has 0 N–H and O–H groups in total. The number of hydrogen-bond donors (Lipinski definition) is 0. The van der Waals surface area contributed by atoms with Crippen LogP contribution in [0.3, 0.4) is 0 Å². The number of hydrogen-bond acceptors (Lipinski definition) is 4. The molecule has 34 heavy (non-hydrogen) atoms. The van der Waals surface area contributed by atoms with Crippen LogP contribution in [0.25, 0.3) is 16.6 Å². The molecule has 0 spiro atoms. The minimum absolute atomic E-state index is 0.0237. The first kappa shape index (κ1) is 23.5. The number of unbranched alkanes of at least 4 members (excludes halogenated alkanes) is 2. The Morgan fingerprint density at radius 3 is 2.65 bits per heavy atom. The number of carbonyl (C=O) groups is 1. The number of nitrogens with zero attached hydrogens (tertiary/aromatic N) is 3. The maximum absolute atomic E-state index is 13.7. The zero-order valence-corrected chi connectivity index (χ0v) is 20.0. The molecule has 0 aliphatic carbocycles. The van der Waals surface area contributed by atoms with Crippen LogP contribution >= 0.6 is 0 Å². The fourth-order valence-corrected chi connectivity index (χ4v) is 4.27. The number of rotatable bonds is 9. The molecule has 0 aliphatic heterocycles. The van der Waals surface area contributed by atoms with Crippen LogP contribution < -0.4 is 5.56 Å². The minimum atomic E-state index is -0.447. The van der Waals surface area contributed by atoms with Crippen molar-refractivity contribution in [3.8, 4) is 5.69 Å². The Morgan fingerprint density at radius 2 is 1.91 bits per heavy atom. The van der Waals surface area contributed by atoms with E-state index in [2.05, 4.69) is 6.92 Å². The first-order valence-corrected chi connectivity index (χ1v) is 11.9. The second-order valence-electron chi connectivity index (χ2n) is 8.70. The van der Waals surface area contributed by atoms with Gasteiger partial charge in [-0.05, 0) is 62.2 Å². The molecule has 1 atom stereocenters.